The first-order valence-corrected chi connectivity index (χ1v) is 6.17. The fourth-order valence-electron chi connectivity index (χ4n) is 2.47. The van der Waals surface area contributed by atoms with E-state index < -0.39 is 5.60 Å². The molecule has 0 radical (unpaired) electrons. The molecular formula is C14H20O3. The molecular weight excluding hydrogens is 216 g/mol. The summed E-state index contributed by atoms with van der Waals surface area (Å²) in [6.45, 7) is 2.69. The van der Waals surface area contributed by atoms with E-state index in [0.29, 0.717) is 19.4 Å². The molecule has 3 nitrogen and oxygen atoms in total. The topological polar surface area (TPSA) is 38.7 Å². The molecule has 2 rings (SSSR count). The maximum Gasteiger partial charge on any atom is 0.124 e. The van der Waals surface area contributed by atoms with E-state index in [9.17, 15) is 5.11 Å². The third-order valence-corrected chi connectivity index (χ3v) is 3.50. The number of hydrogen-bond acceptors (Lipinski definition) is 3. The Hall–Kier alpha value is -1.06. The first-order chi connectivity index (χ1) is 8.19. The van der Waals surface area contributed by atoms with Crippen molar-refractivity contribution in [1.29, 1.82) is 0 Å². The van der Waals surface area contributed by atoms with Crippen molar-refractivity contribution in [3.8, 4) is 5.75 Å². The molecule has 1 aliphatic heterocycles. The summed E-state index contributed by atoms with van der Waals surface area (Å²) in [7, 11) is 1.64. The van der Waals surface area contributed by atoms with Gasteiger partial charge in [0, 0.05) is 18.4 Å². The van der Waals surface area contributed by atoms with Gasteiger partial charge in [0.1, 0.15) is 5.75 Å². The number of ether oxygens (including phenoxy) is 2. The highest BCUT2D eigenvalue weighted by Crippen LogP contribution is 2.39. The minimum Gasteiger partial charge on any atom is -0.496 e. The van der Waals surface area contributed by atoms with E-state index in [0.717, 1.165) is 17.7 Å². The number of benzene rings is 1. The summed E-state index contributed by atoms with van der Waals surface area (Å²) in [6.07, 6.45) is 2.34. The van der Waals surface area contributed by atoms with Crippen molar-refractivity contribution in [2.75, 3.05) is 13.7 Å². The van der Waals surface area contributed by atoms with Crippen molar-refractivity contribution >= 4 is 0 Å². The third-order valence-electron chi connectivity index (χ3n) is 3.50. The molecule has 0 bridgehead atoms. The molecule has 1 saturated heterocycles. The third kappa shape index (κ3) is 2.45. The van der Waals surface area contributed by atoms with Crippen molar-refractivity contribution in [2.45, 2.75) is 37.9 Å². The SMILES string of the molecule is CCC1CC(O)(c2ccccc2OC)CCO1. The maximum absolute atomic E-state index is 10.8. The van der Waals surface area contributed by atoms with Gasteiger partial charge in [-0.2, -0.15) is 0 Å². The normalized spacial score (nSPS) is 29.0. The second kappa shape index (κ2) is 5.07. The summed E-state index contributed by atoms with van der Waals surface area (Å²) in [5, 5.41) is 10.8. The molecule has 3 heteroatoms. The second-order valence-corrected chi connectivity index (χ2v) is 4.59. The number of aliphatic hydroxyl groups is 1. The molecule has 1 aromatic rings. The molecule has 2 atom stereocenters. The maximum atomic E-state index is 10.8. The Morgan fingerprint density at radius 3 is 2.94 bits per heavy atom. The van der Waals surface area contributed by atoms with Crippen LogP contribution in [-0.4, -0.2) is 24.9 Å². The zero-order valence-corrected chi connectivity index (χ0v) is 10.5. The van der Waals surface area contributed by atoms with Gasteiger partial charge in [-0.25, -0.2) is 0 Å². The monoisotopic (exact) mass is 236 g/mol. The summed E-state index contributed by atoms with van der Waals surface area (Å²) in [6, 6.07) is 7.69. The van der Waals surface area contributed by atoms with E-state index in [1.165, 1.54) is 0 Å². The van der Waals surface area contributed by atoms with Crippen molar-refractivity contribution in [2.24, 2.45) is 0 Å². The molecule has 1 heterocycles. The molecule has 0 aromatic heterocycles. The Bertz CT molecular complexity index is 377. The van der Waals surface area contributed by atoms with Gasteiger partial charge in [0.05, 0.1) is 25.4 Å². The van der Waals surface area contributed by atoms with Gasteiger partial charge in [0.2, 0.25) is 0 Å². The van der Waals surface area contributed by atoms with Crippen molar-refractivity contribution in [1.82, 2.24) is 0 Å². The van der Waals surface area contributed by atoms with Gasteiger partial charge in [-0.15, -0.1) is 0 Å². The number of para-hydroxylation sites is 1. The molecule has 1 aromatic carbocycles. The van der Waals surface area contributed by atoms with Crippen LogP contribution in [0.15, 0.2) is 24.3 Å². The van der Waals surface area contributed by atoms with Crippen LogP contribution in [0, 0.1) is 0 Å². The Balaban J connectivity index is 2.30. The van der Waals surface area contributed by atoms with E-state index in [4.69, 9.17) is 9.47 Å². The van der Waals surface area contributed by atoms with Crippen molar-refractivity contribution < 1.29 is 14.6 Å². The van der Waals surface area contributed by atoms with Crippen LogP contribution in [0.25, 0.3) is 0 Å². The molecule has 2 unspecified atom stereocenters. The van der Waals surface area contributed by atoms with Gasteiger partial charge in [-0.1, -0.05) is 25.1 Å². The van der Waals surface area contributed by atoms with Gasteiger partial charge in [0.25, 0.3) is 0 Å². The lowest BCUT2D eigenvalue weighted by Crippen LogP contribution is -2.38. The average Bonchev–Trinajstić information content (AvgIpc) is 2.38. The lowest BCUT2D eigenvalue weighted by atomic mass is 9.82. The highest BCUT2D eigenvalue weighted by molar-refractivity contribution is 5.38. The Labute approximate surface area is 102 Å². The van der Waals surface area contributed by atoms with Crippen LogP contribution in [0.1, 0.15) is 31.7 Å². The lowest BCUT2D eigenvalue weighted by molar-refractivity contribution is -0.109. The first kappa shape index (κ1) is 12.4. The molecule has 17 heavy (non-hydrogen) atoms. The fraction of sp³-hybridized carbons (Fsp3) is 0.571. The number of methoxy groups -OCH3 is 1. The standard InChI is InChI=1S/C14H20O3/c1-3-11-10-14(15,8-9-17-11)12-6-4-5-7-13(12)16-2/h4-7,11,15H,3,8-10H2,1-2H3. The van der Waals surface area contributed by atoms with Crippen LogP contribution in [0.3, 0.4) is 0 Å². The molecule has 0 spiro atoms. The molecule has 1 fully saturated rings. The molecule has 0 aliphatic carbocycles. The zero-order chi connectivity index (χ0) is 12.3. The summed E-state index contributed by atoms with van der Waals surface area (Å²) >= 11 is 0. The van der Waals surface area contributed by atoms with Gasteiger partial charge in [-0.05, 0) is 12.5 Å². The molecule has 1 N–H and O–H groups in total. The minimum absolute atomic E-state index is 0.138. The first-order valence-electron chi connectivity index (χ1n) is 6.17. The predicted octanol–water partition coefficient (Wildman–Crippen LogP) is 2.47. The molecule has 94 valence electrons. The second-order valence-electron chi connectivity index (χ2n) is 4.59. The van der Waals surface area contributed by atoms with E-state index >= 15 is 0 Å². The number of rotatable bonds is 3. The number of hydrogen-bond donors (Lipinski definition) is 1. The van der Waals surface area contributed by atoms with Crippen LogP contribution in [0.5, 0.6) is 5.75 Å². The van der Waals surface area contributed by atoms with Crippen LogP contribution in [-0.2, 0) is 10.3 Å². The summed E-state index contributed by atoms with van der Waals surface area (Å²) < 4.78 is 10.9. The Morgan fingerprint density at radius 2 is 2.24 bits per heavy atom. The zero-order valence-electron chi connectivity index (χ0n) is 10.5. The van der Waals surface area contributed by atoms with E-state index in [1.54, 1.807) is 7.11 Å². The highest BCUT2D eigenvalue weighted by atomic mass is 16.5. The summed E-state index contributed by atoms with van der Waals surface area (Å²) in [5.74, 6) is 0.756. The van der Waals surface area contributed by atoms with Gasteiger partial charge < -0.3 is 14.6 Å². The minimum atomic E-state index is -0.814. The molecule has 0 amide bonds. The Kier molecular flexibility index (Phi) is 3.69. The summed E-state index contributed by atoms with van der Waals surface area (Å²) in [4.78, 5) is 0. The van der Waals surface area contributed by atoms with Crippen LogP contribution in [0.4, 0.5) is 0 Å². The fourth-order valence-corrected chi connectivity index (χ4v) is 2.47. The lowest BCUT2D eigenvalue weighted by Gasteiger charge is -2.37. The van der Waals surface area contributed by atoms with Crippen LogP contribution in [0.2, 0.25) is 0 Å². The van der Waals surface area contributed by atoms with Crippen molar-refractivity contribution in [3.63, 3.8) is 0 Å². The quantitative estimate of drug-likeness (QED) is 0.876. The molecule has 0 saturated carbocycles. The van der Waals surface area contributed by atoms with Gasteiger partial charge >= 0.3 is 0 Å². The van der Waals surface area contributed by atoms with Crippen LogP contribution < -0.4 is 4.74 Å². The van der Waals surface area contributed by atoms with E-state index in [1.807, 2.05) is 24.3 Å². The average molecular weight is 236 g/mol. The summed E-state index contributed by atoms with van der Waals surface area (Å²) in [5.41, 5.74) is 0.0650. The smallest absolute Gasteiger partial charge is 0.124 e. The Morgan fingerprint density at radius 1 is 1.47 bits per heavy atom. The molecule has 1 aliphatic rings. The van der Waals surface area contributed by atoms with E-state index in [2.05, 4.69) is 6.92 Å². The largest absolute Gasteiger partial charge is 0.496 e. The van der Waals surface area contributed by atoms with Crippen LogP contribution >= 0.6 is 0 Å². The van der Waals surface area contributed by atoms with Gasteiger partial charge in [-0.3, -0.25) is 0 Å². The van der Waals surface area contributed by atoms with Crippen molar-refractivity contribution in [3.05, 3.63) is 29.8 Å². The predicted molar refractivity (Wildman–Crippen MR) is 66.2 cm³/mol. The highest BCUT2D eigenvalue weighted by Gasteiger charge is 2.37. The van der Waals surface area contributed by atoms with E-state index in [-0.39, 0.29) is 6.10 Å². The van der Waals surface area contributed by atoms with Gasteiger partial charge in [0.15, 0.2) is 0 Å².